The van der Waals surface area contributed by atoms with E-state index in [1.807, 2.05) is 24.3 Å². The predicted octanol–water partition coefficient (Wildman–Crippen LogP) is 3.30. The Labute approximate surface area is 127 Å². The lowest BCUT2D eigenvalue weighted by Gasteiger charge is -2.20. The topological polar surface area (TPSA) is 38.8 Å². The van der Waals surface area contributed by atoms with Crippen LogP contribution in [0.2, 0.25) is 0 Å². The van der Waals surface area contributed by atoms with E-state index < -0.39 is 0 Å². The summed E-state index contributed by atoms with van der Waals surface area (Å²) in [5.74, 6) is -0.248. The summed E-state index contributed by atoms with van der Waals surface area (Å²) in [6, 6.07) is 14.2. The minimum absolute atomic E-state index is 0.101. The fraction of sp³-hybridized carbons (Fsp3) is 0.235. The number of benzene rings is 2. The number of carbonyl (C=O) groups excluding carboxylic acids is 1. The number of rotatable bonds is 3. The average molecular weight is 298 g/mol. The molecule has 0 spiro atoms. The van der Waals surface area contributed by atoms with Crippen LogP contribution in [0.1, 0.15) is 21.5 Å². The zero-order valence-corrected chi connectivity index (χ0v) is 12.2. The summed E-state index contributed by atoms with van der Waals surface area (Å²) < 4.78 is 10.4. The van der Waals surface area contributed by atoms with E-state index >= 15 is 0 Å². The number of carbonyl (C=O) groups is 1. The maximum atomic E-state index is 12.3. The van der Waals surface area contributed by atoms with Crippen molar-refractivity contribution in [1.82, 2.24) is 0 Å². The summed E-state index contributed by atoms with van der Waals surface area (Å²) in [5.41, 5.74) is 3.01. The molecule has 2 aromatic rings. The molecule has 1 fully saturated rings. The van der Waals surface area contributed by atoms with Crippen molar-refractivity contribution in [2.45, 2.75) is 22.3 Å². The Bertz CT molecular complexity index is 707. The highest BCUT2D eigenvalue weighted by molar-refractivity contribution is 7.99. The summed E-state index contributed by atoms with van der Waals surface area (Å²) in [4.78, 5) is 14.7. The van der Waals surface area contributed by atoms with Crippen molar-refractivity contribution in [1.29, 1.82) is 0 Å². The minimum Gasteiger partial charge on any atom is -0.459 e. The van der Waals surface area contributed by atoms with Crippen molar-refractivity contribution in [2.24, 2.45) is 0 Å². The van der Waals surface area contributed by atoms with Gasteiger partial charge in [-0.2, -0.15) is 0 Å². The van der Waals surface area contributed by atoms with E-state index in [1.54, 1.807) is 11.8 Å². The van der Waals surface area contributed by atoms with Gasteiger partial charge in [-0.05, 0) is 29.3 Å². The molecule has 1 saturated heterocycles. The van der Waals surface area contributed by atoms with Crippen molar-refractivity contribution in [3.63, 3.8) is 0 Å². The number of hydrogen-bond donors (Lipinski definition) is 0. The van der Waals surface area contributed by atoms with Crippen molar-refractivity contribution in [3.8, 4) is 0 Å². The second-order valence-electron chi connectivity index (χ2n) is 5.22. The molecule has 1 atom stereocenters. The highest BCUT2D eigenvalue weighted by atomic mass is 32.2. The van der Waals surface area contributed by atoms with Crippen LogP contribution >= 0.6 is 11.8 Å². The second-order valence-corrected chi connectivity index (χ2v) is 6.31. The van der Waals surface area contributed by atoms with E-state index in [0.717, 1.165) is 16.9 Å². The van der Waals surface area contributed by atoms with Gasteiger partial charge in [0.05, 0.1) is 12.2 Å². The Morgan fingerprint density at radius 3 is 2.86 bits per heavy atom. The van der Waals surface area contributed by atoms with Crippen molar-refractivity contribution >= 4 is 17.7 Å². The lowest BCUT2D eigenvalue weighted by Crippen LogP contribution is -2.14. The molecule has 1 unspecified atom stereocenters. The molecule has 2 aliphatic rings. The van der Waals surface area contributed by atoms with Gasteiger partial charge in [-0.25, -0.2) is 4.79 Å². The molecule has 2 aromatic carbocycles. The largest absolute Gasteiger partial charge is 0.459 e. The zero-order chi connectivity index (χ0) is 14.2. The SMILES string of the molecule is O=C(OCC1CO1)c1cccc2c1Cc1ccccc1S2. The molecule has 0 aromatic heterocycles. The van der Waals surface area contributed by atoms with E-state index in [9.17, 15) is 4.79 Å². The quantitative estimate of drug-likeness (QED) is 0.549. The third-order valence-corrected chi connectivity index (χ3v) is 4.94. The molecule has 21 heavy (non-hydrogen) atoms. The van der Waals surface area contributed by atoms with Gasteiger partial charge in [-0.1, -0.05) is 36.0 Å². The Morgan fingerprint density at radius 1 is 1.19 bits per heavy atom. The van der Waals surface area contributed by atoms with E-state index in [4.69, 9.17) is 9.47 Å². The molecule has 0 aliphatic carbocycles. The normalized spacial score (nSPS) is 18.6. The van der Waals surface area contributed by atoms with E-state index in [0.29, 0.717) is 18.8 Å². The number of hydrogen-bond acceptors (Lipinski definition) is 4. The van der Waals surface area contributed by atoms with Crippen molar-refractivity contribution in [2.75, 3.05) is 13.2 Å². The molecular formula is C17H14O3S. The fourth-order valence-corrected chi connectivity index (χ4v) is 3.61. The molecule has 4 heteroatoms. The van der Waals surface area contributed by atoms with Crippen molar-refractivity contribution in [3.05, 3.63) is 59.2 Å². The van der Waals surface area contributed by atoms with Crippen LogP contribution in [0.15, 0.2) is 52.3 Å². The van der Waals surface area contributed by atoms with Gasteiger partial charge >= 0.3 is 5.97 Å². The Hall–Kier alpha value is -1.78. The fourth-order valence-electron chi connectivity index (χ4n) is 2.50. The molecule has 0 amide bonds. The zero-order valence-electron chi connectivity index (χ0n) is 11.4. The first kappa shape index (κ1) is 12.9. The van der Waals surface area contributed by atoms with Gasteiger partial charge in [-0.15, -0.1) is 0 Å². The number of ether oxygens (including phenoxy) is 2. The lowest BCUT2D eigenvalue weighted by atomic mass is 9.99. The summed E-state index contributed by atoms with van der Waals surface area (Å²) >= 11 is 1.72. The van der Waals surface area contributed by atoms with Crippen LogP contribution in [0.4, 0.5) is 0 Å². The van der Waals surface area contributed by atoms with Crippen LogP contribution in [-0.4, -0.2) is 25.3 Å². The first-order valence-electron chi connectivity index (χ1n) is 6.97. The standard InChI is InChI=1S/C17H14O3S/c18-17(20-10-12-9-19-12)13-5-3-7-16-14(13)8-11-4-1-2-6-15(11)21-16/h1-7,12H,8-10H2. The second kappa shape index (κ2) is 5.20. The van der Waals surface area contributed by atoms with Crippen LogP contribution < -0.4 is 0 Å². The Balaban J connectivity index is 1.63. The molecule has 4 rings (SSSR count). The molecule has 3 nitrogen and oxygen atoms in total. The highest BCUT2D eigenvalue weighted by Crippen LogP contribution is 2.40. The molecule has 0 radical (unpaired) electrons. The Morgan fingerprint density at radius 2 is 2.00 bits per heavy atom. The van der Waals surface area contributed by atoms with Crippen molar-refractivity contribution < 1.29 is 14.3 Å². The third kappa shape index (κ3) is 2.57. The molecule has 106 valence electrons. The van der Waals surface area contributed by atoms with Gasteiger partial charge in [0.25, 0.3) is 0 Å². The third-order valence-electron chi connectivity index (χ3n) is 3.72. The van der Waals surface area contributed by atoms with E-state index in [2.05, 4.69) is 18.2 Å². The van der Waals surface area contributed by atoms with Crippen LogP contribution in [0.5, 0.6) is 0 Å². The van der Waals surface area contributed by atoms with Gasteiger partial charge in [0.15, 0.2) is 0 Å². The summed E-state index contributed by atoms with van der Waals surface area (Å²) in [5, 5.41) is 0. The molecule has 0 N–H and O–H groups in total. The maximum Gasteiger partial charge on any atom is 0.338 e. The molecular weight excluding hydrogens is 284 g/mol. The minimum atomic E-state index is -0.248. The number of epoxide rings is 1. The summed E-state index contributed by atoms with van der Waals surface area (Å²) in [6.45, 7) is 1.05. The van der Waals surface area contributed by atoms with Crippen LogP contribution in [0, 0.1) is 0 Å². The maximum absolute atomic E-state index is 12.3. The van der Waals surface area contributed by atoms with Gasteiger partial charge in [0.1, 0.15) is 12.7 Å². The highest BCUT2D eigenvalue weighted by Gasteiger charge is 2.26. The van der Waals surface area contributed by atoms with Crippen LogP contribution in [0.25, 0.3) is 0 Å². The van der Waals surface area contributed by atoms with E-state index in [-0.39, 0.29) is 12.1 Å². The molecule has 2 aliphatic heterocycles. The van der Waals surface area contributed by atoms with Gasteiger partial charge in [0, 0.05) is 16.2 Å². The lowest BCUT2D eigenvalue weighted by molar-refractivity contribution is 0.0475. The first-order chi connectivity index (χ1) is 10.3. The first-order valence-corrected chi connectivity index (χ1v) is 7.79. The average Bonchev–Trinajstić information content (AvgIpc) is 3.34. The molecule has 0 bridgehead atoms. The molecule has 0 saturated carbocycles. The monoisotopic (exact) mass is 298 g/mol. The summed E-state index contributed by atoms with van der Waals surface area (Å²) in [7, 11) is 0. The van der Waals surface area contributed by atoms with Gasteiger partial charge in [0.2, 0.25) is 0 Å². The smallest absolute Gasteiger partial charge is 0.338 e. The number of fused-ring (bicyclic) bond motifs is 2. The van der Waals surface area contributed by atoms with Gasteiger partial charge in [-0.3, -0.25) is 0 Å². The van der Waals surface area contributed by atoms with Crippen LogP contribution in [-0.2, 0) is 15.9 Å². The van der Waals surface area contributed by atoms with Crippen LogP contribution in [0.3, 0.4) is 0 Å². The Kier molecular flexibility index (Phi) is 3.20. The number of esters is 1. The van der Waals surface area contributed by atoms with E-state index in [1.165, 1.54) is 10.5 Å². The molecule has 2 heterocycles. The summed E-state index contributed by atoms with van der Waals surface area (Å²) in [6.07, 6.45) is 0.882. The predicted molar refractivity (Wildman–Crippen MR) is 79.8 cm³/mol. The van der Waals surface area contributed by atoms with Gasteiger partial charge < -0.3 is 9.47 Å².